The Labute approximate surface area is 59.3 Å². The first-order valence-corrected chi connectivity index (χ1v) is 0.899. The Morgan fingerprint density at radius 1 is 2.00 bits per heavy atom. The van der Waals surface area contributed by atoms with Gasteiger partial charge in [0.25, 0.3) is 0 Å². The molecule has 0 atom stereocenters. The summed E-state index contributed by atoms with van der Waals surface area (Å²) >= 11 is 0. The Bertz CT molecular complexity index is 72.6. The first-order chi connectivity index (χ1) is 2.41. The van der Waals surface area contributed by atoms with Gasteiger partial charge in [0.2, 0.25) is 0 Å². The number of hydrogen-bond acceptors (Lipinski definition) is 3. The normalized spacial score (nSPS) is 3.17. The Morgan fingerprint density at radius 3 is 2.50 bits per heavy atom. The predicted octanol–water partition coefficient (Wildman–Crippen LogP) is -3.43. The van der Waals surface area contributed by atoms with Crippen LogP contribution in [0.4, 0.5) is 0 Å². The van der Waals surface area contributed by atoms with E-state index in [1.807, 2.05) is 0 Å². The molecule has 26 valence electrons. The van der Waals surface area contributed by atoms with Gasteiger partial charge in [-0.15, -0.1) is 0 Å². The van der Waals surface area contributed by atoms with Crippen molar-refractivity contribution in [3.8, 4) is 6.26 Å². The van der Waals surface area contributed by atoms with E-state index in [-0.39, 0.29) is 38.3 Å². The molecule has 0 aliphatic heterocycles. The average Bonchev–Trinajstić information content (AvgIpc) is 1.41. The second-order valence-corrected chi connectivity index (χ2v) is 0.305. The summed E-state index contributed by atoms with van der Waals surface area (Å²) in [5, 5.41) is 7.36. The standard InChI is InChI=1S/CBNO2.Na.H/c3-1-5-2-4;;/q;+1;-1. The molecule has 0 bridgehead atoms. The molecule has 0 N–H and O–H groups in total. The monoisotopic (exact) mass is 93.0 g/mol. The number of hydrogen-bond donors (Lipinski definition) is 0. The zero-order valence-electron chi connectivity index (χ0n) is 4.34. The van der Waals surface area contributed by atoms with Crippen molar-refractivity contribution in [2.24, 2.45) is 0 Å². The molecular weight excluding hydrogens is 91.8 g/mol. The molecule has 0 fully saturated rings. The van der Waals surface area contributed by atoms with Gasteiger partial charge in [0.05, 0.1) is 0 Å². The van der Waals surface area contributed by atoms with Gasteiger partial charge in [0.1, 0.15) is 0 Å². The molecule has 0 heterocycles. The molecule has 0 saturated carbocycles. The SMILES string of the molecule is N#COB=O.[H-].[Na+]. The molecule has 0 unspecified atom stereocenters. The van der Waals surface area contributed by atoms with Crippen molar-refractivity contribution >= 4 is 7.35 Å². The number of rotatable bonds is 1. The van der Waals surface area contributed by atoms with Gasteiger partial charge >= 0.3 is 57.8 Å². The van der Waals surface area contributed by atoms with Gasteiger partial charge in [-0.05, 0) is 0 Å². The third kappa shape index (κ3) is 8.91. The van der Waals surface area contributed by atoms with Crippen molar-refractivity contribution in [2.45, 2.75) is 0 Å². The van der Waals surface area contributed by atoms with Gasteiger partial charge in [-0.3, -0.25) is 0 Å². The molecule has 6 heavy (non-hydrogen) atoms. The van der Waals surface area contributed by atoms with Crippen molar-refractivity contribution in [1.29, 1.82) is 5.26 Å². The molecule has 0 aromatic rings. The quantitative estimate of drug-likeness (QED) is 0.250. The number of nitriles is 1. The Morgan fingerprint density at radius 2 is 2.50 bits per heavy atom. The molecule has 0 aromatic carbocycles. The van der Waals surface area contributed by atoms with Gasteiger partial charge in [-0.25, -0.2) is 0 Å². The first kappa shape index (κ1) is 9.47. The summed E-state index contributed by atoms with van der Waals surface area (Å²) in [5.74, 6) is 0. The van der Waals surface area contributed by atoms with Gasteiger partial charge in [0, 0.05) is 0 Å². The van der Waals surface area contributed by atoms with Crippen LogP contribution in [-0.2, 0) is 9.36 Å². The molecule has 0 radical (unpaired) electrons. The fourth-order valence-corrected chi connectivity index (χ4v) is 0.0215. The summed E-state index contributed by atoms with van der Waals surface area (Å²) in [6, 6.07) is 0. The third-order valence-corrected chi connectivity index (χ3v) is 0.101. The van der Waals surface area contributed by atoms with Crippen LogP contribution in [0.1, 0.15) is 1.43 Å². The number of nitrogens with zero attached hydrogens (tertiary/aromatic N) is 1. The van der Waals surface area contributed by atoms with Crippen LogP contribution in [-0.4, -0.2) is 7.35 Å². The van der Waals surface area contributed by atoms with E-state index >= 15 is 0 Å². The van der Waals surface area contributed by atoms with Crippen LogP contribution >= 0.6 is 0 Å². The molecule has 0 aliphatic carbocycles. The summed E-state index contributed by atoms with van der Waals surface area (Å²) in [6.45, 7) is 0. The van der Waals surface area contributed by atoms with Crippen LogP contribution in [0.25, 0.3) is 0 Å². The molecule has 0 aliphatic rings. The van der Waals surface area contributed by atoms with Crippen molar-refractivity contribution in [3.05, 3.63) is 0 Å². The molecule has 3 nitrogen and oxygen atoms in total. The van der Waals surface area contributed by atoms with E-state index in [0.717, 1.165) is 6.26 Å². The van der Waals surface area contributed by atoms with Gasteiger partial charge in [-0.1, -0.05) is 0 Å². The van der Waals surface area contributed by atoms with E-state index in [0.29, 0.717) is 0 Å². The van der Waals surface area contributed by atoms with E-state index in [1.54, 1.807) is 0 Å². The first-order valence-electron chi connectivity index (χ1n) is 0.899. The molecule has 5 heteroatoms. The van der Waals surface area contributed by atoms with E-state index in [1.165, 1.54) is 0 Å². The molecule has 0 amide bonds. The summed E-state index contributed by atoms with van der Waals surface area (Å²) in [5.41, 5.74) is 0. The zero-order chi connectivity index (χ0) is 4.12. The predicted molar refractivity (Wildman–Crippen MR) is 14.3 cm³/mol. The van der Waals surface area contributed by atoms with E-state index in [4.69, 9.17) is 9.97 Å². The second-order valence-electron chi connectivity index (χ2n) is 0.305. The van der Waals surface area contributed by atoms with E-state index in [9.17, 15) is 0 Å². The van der Waals surface area contributed by atoms with Crippen LogP contribution in [0, 0.1) is 11.5 Å². The molecular formula is CHBNNaO2. The van der Waals surface area contributed by atoms with Crippen LogP contribution in [0.2, 0.25) is 0 Å². The largest absolute Gasteiger partial charge is 1.00 e. The fraction of sp³-hybridized carbons (Fsp3) is 0. The fourth-order valence-electron chi connectivity index (χ4n) is 0.0215. The topological polar surface area (TPSA) is 50.1 Å². The van der Waals surface area contributed by atoms with Crippen molar-refractivity contribution in [1.82, 2.24) is 0 Å². The van der Waals surface area contributed by atoms with E-state index < -0.39 is 0 Å². The van der Waals surface area contributed by atoms with Crippen LogP contribution in [0.3, 0.4) is 0 Å². The minimum absolute atomic E-state index is 0. The molecule has 0 aromatic heterocycles. The summed E-state index contributed by atoms with van der Waals surface area (Å²) in [4.78, 5) is 0. The van der Waals surface area contributed by atoms with Gasteiger partial charge < -0.3 is 1.43 Å². The van der Waals surface area contributed by atoms with Crippen LogP contribution < -0.4 is 29.6 Å². The van der Waals surface area contributed by atoms with Crippen molar-refractivity contribution < 1.29 is 40.3 Å². The average molecular weight is 92.8 g/mol. The second kappa shape index (κ2) is 8.94. The van der Waals surface area contributed by atoms with Crippen LogP contribution in [0.5, 0.6) is 0 Å². The molecule has 0 saturated heterocycles. The smallest absolute Gasteiger partial charge is 1.00 e. The maximum atomic E-state index is 8.96. The Balaban J connectivity index is -0.0000000800. The molecule has 0 spiro atoms. The minimum Gasteiger partial charge on any atom is -1.00 e. The Kier molecular flexibility index (Phi) is 14.1. The third-order valence-electron chi connectivity index (χ3n) is 0.101. The maximum Gasteiger partial charge on any atom is 1.00 e. The van der Waals surface area contributed by atoms with Gasteiger partial charge in [0.15, 0.2) is 0 Å². The summed E-state index contributed by atoms with van der Waals surface area (Å²) in [7, 11) is 0.0694. The van der Waals surface area contributed by atoms with Crippen molar-refractivity contribution in [2.75, 3.05) is 0 Å². The van der Waals surface area contributed by atoms with Crippen LogP contribution in [0.15, 0.2) is 0 Å². The summed E-state index contributed by atoms with van der Waals surface area (Å²) in [6.07, 6.45) is 1.15. The minimum atomic E-state index is 0. The van der Waals surface area contributed by atoms with Gasteiger partial charge in [-0.2, -0.15) is 0 Å². The molecule has 0 rings (SSSR count). The maximum absolute atomic E-state index is 8.96. The zero-order valence-corrected chi connectivity index (χ0v) is 5.34. The Hall–Kier alpha value is 0.155. The van der Waals surface area contributed by atoms with E-state index in [2.05, 4.69) is 4.65 Å². The summed E-state index contributed by atoms with van der Waals surface area (Å²) < 4.78 is 12.4. The van der Waals surface area contributed by atoms with Crippen molar-refractivity contribution in [3.63, 3.8) is 0 Å².